The van der Waals surface area contributed by atoms with Crippen molar-refractivity contribution in [1.82, 2.24) is 0 Å². The first-order valence-corrected chi connectivity index (χ1v) is 68.1. The van der Waals surface area contributed by atoms with Crippen LogP contribution in [-0.2, 0) is 19.3 Å². The molecule has 0 fully saturated rings. The summed E-state index contributed by atoms with van der Waals surface area (Å²) in [5, 5.41) is 14.2. The Hall–Kier alpha value is -4.50. The topological polar surface area (TPSA) is 36.1 Å². The van der Waals surface area contributed by atoms with Gasteiger partial charge in [-0.05, 0) is 129 Å². The molecule has 0 heterocycles. The van der Waals surface area contributed by atoms with Crippen LogP contribution in [0.15, 0.2) is 128 Å². The molecule has 6 rings (SSSR count). The molecule has 3 aliphatic carbocycles. The van der Waals surface area contributed by atoms with Crippen LogP contribution in [0.25, 0.3) is 0 Å². The van der Waals surface area contributed by atoms with Gasteiger partial charge in [0.05, 0.1) is 16.6 Å². The summed E-state index contributed by atoms with van der Waals surface area (Å²) in [4.78, 5) is 0. The average Bonchev–Trinajstić information content (AvgIpc) is 0.751. The largest absolute Gasteiger partial charge is 0.376 e. The minimum absolute atomic E-state index is 0.0755. The molecule has 0 spiro atoms. The second-order valence-corrected chi connectivity index (χ2v) is 49.3. The number of nitrogens with one attached hydrogen (secondary N) is 3. The first-order valence-electron chi connectivity index (χ1n) is 68.1. The molecule has 848 valence electrons. The zero-order valence-corrected chi connectivity index (χ0v) is 100. The summed E-state index contributed by atoms with van der Waals surface area (Å²) in [6.07, 6.45) is 174. The Morgan fingerprint density at radius 3 is 0.453 bits per heavy atom. The van der Waals surface area contributed by atoms with Crippen molar-refractivity contribution in [2.75, 3.05) is 16.0 Å². The van der Waals surface area contributed by atoms with Crippen LogP contribution in [-0.4, -0.2) is 16.6 Å². The van der Waals surface area contributed by atoms with Crippen LogP contribution < -0.4 is 16.0 Å². The van der Waals surface area contributed by atoms with Crippen LogP contribution in [0.4, 0.5) is 17.1 Å². The number of benzene rings is 3. The molecule has 3 atom stereocenters. The van der Waals surface area contributed by atoms with E-state index in [-0.39, 0.29) is 22.5 Å². The van der Waals surface area contributed by atoms with E-state index >= 15 is 0 Å². The maximum absolute atomic E-state index is 4.74. The smallest absolute Gasteiger partial charge is 0.0593 e. The van der Waals surface area contributed by atoms with Gasteiger partial charge in [0.2, 0.25) is 0 Å². The van der Waals surface area contributed by atoms with Crippen molar-refractivity contribution < 1.29 is 0 Å². The lowest BCUT2D eigenvalue weighted by Gasteiger charge is -2.39. The van der Waals surface area contributed by atoms with Crippen molar-refractivity contribution in [3.05, 3.63) is 161 Å². The normalized spacial score (nSPS) is 16.2. The first kappa shape index (κ1) is 132. The number of hydrogen-bond acceptors (Lipinski definition) is 3. The Labute approximate surface area is 925 Å². The van der Waals surface area contributed by atoms with Gasteiger partial charge in [-0.2, -0.15) is 0 Å². The molecular formula is C145H253N3. The van der Waals surface area contributed by atoms with Crippen molar-refractivity contribution in [2.24, 2.45) is 0 Å². The fourth-order valence-corrected chi connectivity index (χ4v) is 25.3. The molecule has 0 radical (unpaired) electrons. The Bertz CT molecular complexity index is 3240. The zero-order valence-electron chi connectivity index (χ0n) is 100. The number of rotatable bonds is 111. The molecule has 0 aliphatic heterocycles. The van der Waals surface area contributed by atoms with Gasteiger partial charge in [0, 0.05) is 23.0 Å². The van der Waals surface area contributed by atoms with Gasteiger partial charge in [-0.3, -0.25) is 0 Å². The second kappa shape index (κ2) is 95.9. The van der Waals surface area contributed by atoms with Gasteiger partial charge in [-0.1, -0.05) is 748 Å². The standard InChI is InChI=1S/C145H253N3/c1-7-13-19-25-31-37-43-49-55-61-67-73-79-85-91-100-112-133-115-118-136(139(130-133)146-143(124-106-97-107-125-143)121-103-94-88-82-76-70-64-58-52-46-40-34-28-22-16-10-4)142(137-119-116-134(113-101-92-86-80-74-68-62-56-50-44-38-32-26-20-14-8-2)131-140(137)147-144(126-108-98-109-127-144)122-104-95-89-83-77-71-65-59-53-47-41-35-29-23-17-11-5)138-120-117-135(114-102-93-87-81-75-69-63-57-51-45-39-33-27-21-15-9-3)132-141(138)148-145(128-110-99-111-129-145)123-105-96-90-84-78-72-66-60-54-48-42-36-30-24-18-12-6/h97-99,106-111,115-120,124,126,128,130-132,142,146-148H,7-96,100-105,112-114,121-123,125,127,129H2,1-6H3. The summed E-state index contributed by atoms with van der Waals surface area (Å²) in [6.45, 7) is 14.1. The van der Waals surface area contributed by atoms with Gasteiger partial charge in [0.15, 0.2) is 0 Å². The highest BCUT2D eigenvalue weighted by Crippen LogP contribution is 2.48. The molecule has 3 aromatic rings. The number of allylic oxidation sites excluding steroid dienone is 6. The van der Waals surface area contributed by atoms with Crippen molar-refractivity contribution in [2.45, 2.75) is 738 Å². The average molecular weight is 2040 g/mol. The van der Waals surface area contributed by atoms with E-state index in [1.54, 1.807) is 0 Å². The maximum Gasteiger partial charge on any atom is 0.0593 e. The molecule has 0 aromatic heterocycles. The lowest BCUT2D eigenvalue weighted by molar-refractivity contribution is 0.475. The fraction of sp³-hybridized carbons (Fsp3) is 0.793. The van der Waals surface area contributed by atoms with Crippen LogP contribution in [0.5, 0.6) is 0 Å². The van der Waals surface area contributed by atoms with Crippen molar-refractivity contribution in [3.63, 3.8) is 0 Å². The van der Waals surface area contributed by atoms with Gasteiger partial charge < -0.3 is 16.0 Å². The Kier molecular flexibility index (Phi) is 85.6. The van der Waals surface area contributed by atoms with Gasteiger partial charge in [0.25, 0.3) is 0 Å². The molecule has 3 aliphatic rings. The van der Waals surface area contributed by atoms with Crippen molar-refractivity contribution in [1.29, 1.82) is 0 Å². The van der Waals surface area contributed by atoms with Crippen LogP contribution in [0, 0.1) is 0 Å². The summed E-state index contributed by atoms with van der Waals surface area (Å²) in [6, 6.07) is 24.3. The van der Waals surface area contributed by atoms with Gasteiger partial charge in [-0.25, -0.2) is 0 Å². The number of hydrogen-bond donors (Lipinski definition) is 3. The van der Waals surface area contributed by atoms with E-state index in [4.69, 9.17) is 16.0 Å². The van der Waals surface area contributed by atoms with E-state index in [0.29, 0.717) is 0 Å². The summed E-state index contributed by atoms with van der Waals surface area (Å²) in [5.41, 5.74) is 12.4. The zero-order chi connectivity index (χ0) is 104. The predicted octanol–water partition coefficient (Wildman–Crippen LogP) is 50.2. The number of anilines is 3. The maximum atomic E-state index is 4.74. The van der Waals surface area contributed by atoms with E-state index < -0.39 is 0 Å². The van der Waals surface area contributed by atoms with Crippen LogP contribution in [0.3, 0.4) is 0 Å². The second-order valence-electron chi connectivity index (χ2n) is 49.3. The number of aryl methyl sites for hydroxylation is 3. The first-order chi connectivity index (χ1) is 73.3. The Balaban J connectivity index is 1.42. The van der Waals surface area contributed by atoms with E-state index in [2.05, 4.69) is 169 Å². The Morgan fingerprint density at radius 2 is 0.311 bits per heavy atom. The number of unbranched alkanes of at least 4 members (excludes halogenated alkanes) is 90. The molecule has 148 heavy (non-hydrogen) atoms. The van der Waals surface area contributed by atoms with Crippen LogP contribution in [0.2, 0.25) is 0 Å². The quantitative estimate of drug-likeness (QED) is 0.0389. The Morgan fingerprint density at radius 1 is 0.169 bits per heavy atom. The van der Waals surface area contributed by atoms with E-state index in [1.165, 1.54) is 667 Å². The monoisotopic (exact) mass is 2040 g/mol. The molecular weight excluding hydrogens is 1780 g/mol. The molecule has 3 nitrogen and oxygen atoms in total. The summed E-state index contributed by atoms with van der Waals surface area (Å²) in [7, 11) is 0. The lowest BCUT2D eigenvalue weighted by atomic mass is 9.78. The minimum Gasteiger partial charge on any atom is -0.376 e. The SMILES string of the molecule is CCCCCCCCCCCCCCCCCCc1ccc(C(c2ccc(CCCCCCCCCCCCCCCCCC)cc2NC2(CCCCCCCCCCCCCCCCCC)C=CC=CC2)c2ccc(CCCCCCCCCCCCCCCCCC)cc2NC2(CCCCCCCCCCCCCCCCCC)C=CC=CC2)c(NC2(CCCCCCCCCCCCCCCCCC)C=CC=CC2)c1. The molecule has 0 saturated heterocycles. The molecule has 3 N–H and O–H groups in total. The highest BCUT2D eigenvalue weighted by Gasteiger charge is 2.36. The van der Waals surface area contributed by atoms with Crippen LogP contribution in [0.1, 0.15) is 736 Å². The molecule has 3 aromatic carbocycles. The molecule has 0 amide bonds. The minimum atomic E-state index is -0.195. The molecule has 0 saturated carbocycles. The predicted molar refractivity (Wildman–Crippen MR) is 670 cm³/mol. The van der Waals surface area contributed by atoms with E-state index in [1.807, 2.05) is 0 Å². The van der Waals surface area contributed by atoms with Gasteiger partial charge in [0.1, 0.15) is 0 Å². The summed E-state index contributed by atoms with van der Waals surface area (Å²) >= 11 is 0. The molecule has 0 bridgehead atoms. The van der Waals surface area contributed by atoms with Gasteiger partial charge in [-0.15, -0.1) is 0 Å². The third kappa shape index (κ3) is 68.1. The van der Waals surface area contributed by atoms with E-state index in [9.17, 15) is 0 Å². The van der Waals surface area contributed by atoms with E-state index in [0.717, 1.165) is 57.8 Å². The molecule has 3 heteroatoms. The summed E-state index contributed by atoms with van der Waals surface area (Å²) in [5.74, 6) is -0.0755. The van der Waals surface area contributed by atoms with Gasteiger partial charge >= 0.3 is 0 Å². The molecule has 3 unspecified atom stereocenters. The third-order valence-electron chi connectivity index (χ3n) is 35.3. The fourth-order valence-electron chi connectivity index (χ4n) is 25.3. The third-order valence-corrected chi connectivity index (χ3v) is 35.3. The van der Waals surface area contributed by atoms with Crippen molar-refractivity contribution in [3.8, 4) is 0 Å². The lowest BCUT2D eigenvalue weighted by Crippen LogP contribution is -2.38. The van der Waals surface area contributed by atoms with Crippen LogP contribution >= 0.6 is 0 Å². The summed E-state index contributed by atoms with van der Waals surface area (Å²) < 4.78 is 0. The van der Waals surface area contributed by atoms with Crippen molar-refractivity contribution >= 4 is 17.1 Å². The highest BCUT2D eigenvalue weighted by atomic mass is 15.0. The highest BCUT2D eigenvalue weighted by molar-refractivity contribution is 5.72.